The maximum absolute atomic E-state index is 12.2. The van der Waals surface area contributed by atoms with Crippen molar-refractivity contribution in [3.05, 3.63) is 35.9 Å². The Balaban J connectivity index is 1.34. The van der Waals surface area contributed by atoms with Crippen LogP contribution in [0.2, 0.25) is 0 Å². The minimum absolute atomic E-state index is 0.104. The van der Waals surface area contributed by atoms with Crippen molar-refractivity contribution in [1.29, 1.82) is 0 Å². The molecule has 0 bridgehead atoms. The van der Waals surface area contributed by atoms with Crippen LogP contribution in [-0.2, 0) is 6.54 Å². The summed E-state index contributed by atoms with van der Waals surface area (Å²) in [4.78, 5) is 33.8. The van der Waals surface area contributed by atoms with E-state index >= 15 is 0 Å². The van der Waals surface area contributed by atoms with Gasteiger partial charge in [0.1, 0.15) is 5.65 Å². The Morgan fingerprint density at radius 3 is 3.00 bits per heavy atom. The van der Waals surface area contributed by atoms with Crippen LogP contribution in [0.4, 0.5) is 21.4 Å². The van der Waals surface area contributed by atoms with Gasteiger partial charge in [0.25, 0.3) is 0 Å². The molecule has 1 aliphatic carbocycles. The molecule has 2 aliphatic rings. The largest absolute Gasteiger partial charge is 0.336 e. The number of fused-ring (bicyclic) bond motifs is 1. The second kappa shape index (κ2) is 6.51. The maximum atomic E-state index is 12.2. The molecule has 0 radical (unpaired) electrons. The number of carbonyl (C=O) groups excluding carboxylic acids is 2. The Labute approximate surface area is 159 Å². The van der Waals surface area contributed by atoms with Crippen LogP contribution in [0.15, 0.2) is 24.4 Å². The molecule has 0 aromatic carbocycles. The molecule has 0 atom stereocenters. The van der Waals surface area contributed by atoms with Crippen molar-refractivity contribution in [2.45, 2.75) is 25.3 Å². The highest BCUT2D eigenvalue weighted by Gasteiger charge is 2.27. The van der Waals surface area contributed by atoms with E-state index in [9.17, 15) is 9.59 Å². The molecule has 1 aliphatic heterocycles. The van der Waals surface area contributed by atoms with Crippen molar-refractivity contribution in [3.63, 3.8) is 0 Å². The number of aromatic amines is 1. The number of aromatic nitrogens is 5. The van der Waals surface area contributed by atoms with Gasteiger partial charge in [-0.25, -0.2) is 19.5 Å². The van der Waals surface area contributed by atoms with E-state index in [0.29, 0.717) is 42.2 Å². The number of urea groups is 2. The van der Waals surface area contributed by atoms with E-state index < -0.39 is 12.1 Å². The number of amides is 4. The second-order valence-corrected chi connectivity index (χ2v) is 6.85. The zero-order valence-electron chi connectivity index (χ0n) is 15.0. The first-order valence-electron chi connectivity index (χ1n) is 9.17. The van der Waals surface area contributed by atoms with E-state index in [4.69, 9.17) is 0 Å². The van der Waals surface area contributed by atoms with Gasteiger partial charge in [-0.05, 0) is 25.0 Å². The summed E-state index contributed by atoms with van der Waals surface area (Å²) in [6, 6.07) is 4.85. The highest BCUT2D eigenvalue weighted by atomic mass is 16.2. The Kier molecular flexibility index (Phi) is 3.85. The van der Waals surface area contributed by atoms with Crippen LogP contribution >= 0.6 is 0 Å². The third kappa shape index (κ3) is 3.10. The number of H-pyrrole nitrogens is 1. The van der Waals surface area contributed by atoms with Crippen LogP contribution in [-0.4, -0.2) is 54.6 Å². The minimum atomic E-state index is -0.468. The molecule has 5 rings (SSSR count). The summed E-state index contributed by atoms with van der Waals surface area (Å²) in [5, 5.41) is 15.8. The first-order chi connectivity index (χ1) is 13.7. The SMILES string of the molecule is O=C1NCCN1C(=O)NCc1nc(Nc2cc(C3CC3)[nH]n2)n2cccc2n1. The highest BCUT2D eigenvalue weighted by molar-refractivity contribution is 5.94. The van der Waals surface area contributed by atoms with Gasteiger partial charge in [0, 0.05) is 37.0 Å². The fourth-order valence-corrected chi connectivity index (χ4v) is 3.18. The van der Waals surface area contributed by atoms with Gasteiger partial charge in [0.15, 0.2) is 11.6 Å². The predicted molar refractivity (Wildman–Crippen MR) is 99.2 cm³/mol. The van der Waals surface area contributed by atoms with Crippen LogP contribution in [0.1, 0.15) is 30.3 Å². The molecular weight excluding hydrogens is 362 g/mol. The average Bonchev–Trinajstić information content (AvgIpc) is 3.07. The minimum Gasteiger partial charge on any atom is -0.336 e. The van der Waals surface area contributed by atoms with E-state index in [0.717, 1.165) is 10.6 Å². The Morgan fingerprint density at radius 2 is 2.21 bits per heavy atom. The van der Waals surface area contributed by atoms with Gasteiger partial charge >= 0.3 is 12.1 Å². The normalized spacial score (nSPS) is 16.4. The number of hydrogen-bond acceptors (Lipinski definition) is 6. The summed E-state index contributed by atoms with van der Waals surface area (Å²) < 4.78 is 1.81. The Hall–Kier alpha value is -3.63. The van der Waals surface area contributed by atoms with Gasteiger partial charge in [0.2, 0.25) is 5.95 Å². The van der Waals surface area contributed by atoms with Crippen molar-refractivity contribution in [1.82, 2.24) is 40.1 Å². The molecule has 28 heavy (non-hydrogen) atoms. The van der Waals surface area contributed by atoms with Crippen LogP contribution in [0, 0.1) is 0 Å². The van der Waals surface area contributed by atoms with Crippen molar-refractivity contribution in [3.8, 4) is 0 Å². The number of anilines is 2. The lowest BCUT2D eigenvalue weighted by Crippen LogP contribution is -2.41. The number of hydrogen-bond donors (Lipinski definition) is 4. The molecule has 0 unspecified atom stereocenters. The van der Waals surface area contributed by atoms with E-state index in [1.165, 1.54) is 12.8 Å². The molecule has 11 heteroatoms. The molecule has 4 heterocycles. The van der Waals surface area contributed by atoms with E-state index in [-0.39, 0.29) is 6.54 Å². The maximum Gasteiger partial charge on any atom is 0.325 e. The Bertz CT molecular complexity index is 1050. The highest BCUT2D eigenvalue weighted by Crippen LogP contribution is 2.39. The molecule has 1 saturated heterocycles. The van der Waals surface area contributed by atoms with Gasteiger partial charge in [-0.2, -0.15) is 10.1 Å². The molecule has 1 saturated carbocycles. The summed E-state index contributed by atoms with van der Waals surface area (Å²) >= 11 is 0. The van der Waals surface area contributed by atoms with Crippen LogP contribution in [0.3, 0.4) is 0 Å². The van der Waals surface area contributed by atoms with E-state index in [1.807, 2.05) is 28.8 Å². The van der Waals surface area contributed by atoms with Gasteiger partial charge in [-0.1, -0.05) is 0 Å². The van der Waals surface area contributed by atoms with Gasteiger partial charge in [-0.15, -0.1) is 0 Å². The summed E-state index contributed by atoms with van der Waals surface area (Å²) in [5.74, 6) is 2.24. The molecule has 4 N–H and O–H groups in total. The summed E-state index contributed by atoms with van der Waals surface area (Å²) in [5.41, 5.74) is 1.82. The van der Waals surface area contributed by atoms with Crippen molar-refractivity contribution >= 4 is 29.5 Å². The monoisotopic (exact) mass is 381 g/mol. The van der Waals surface area contributed by atoms with Crippen LogP contribution in [0.25, 0.3) is 5.65 Å². The standard InChI is InChI=1S/C17H19N9O2/c27-16-18-5-7-26(16)17(28)19-9-13-20-14-2-1-6-25(14)15(22-13)21-12-8-11(23-24-12)10-3-4-10/h1-2,6,8,10H,3-5,7,9H2,(H,18,27)(H,19,28)(H2,20,21,22,23,24). The molecule has 2 fully saturated rings. The molecule has 4 amide bonds. The zero-order chi connectivity index (χ0) is 19.1. The quantitative estimate of drug-likeness (QED) is 0.527. The number of carbonyl (C=O) groups is 2. The van der Waals surface area contributed by atoms with Crippen molar-refractivity contribution in [2.24, 2.45) is 0 Å². The molecule has 3 aromatic heterocycles. The van der Waals surface area contributed by atoms with Crippen LogP contribution < -0.4 is 16.0 Å². The average molecular weight is 381 g/mol. The molecule has 3 aromatic rings. The van der Waals surface area contributed by atoms with E-state index in [1.54, 1.807) is 0 Å². The number of rotatable bonds is 5. The molecule has 0 spiro atoms. The summed E-state index contributed by atoms with van der Waals surface area (Å²) in [7, 11) is 0. The topological polar surface area (TPSA) is 132 Å². The fraction of sp³-hybridized carbons (Fsp3) is 0.353. The number of imide groups is 1. The third-order valence-corrected chi connectivity index (χ3v) is 4.79. The lowest BCUT2D eigenvalue weighted by Gasteiger charge is -2.13. The first-order valence-corrected chi connectivity index (χ1v) is 9.17. The summed E-state index contributed by atoms with van der Waals surface area (Å²) in [6.07, 6.45) is 4.23. The fourth-order valence-electron chi connectivity index (χ4n) is 3.18. The third-order valence-electron chi connectivity index (χ3n) is 4.79. The van der Waals surface area contributed by atoms with Crippen LogP contribution in [0.5, 0.6) is 0 Å². The second-order valence-electron chi connectivity index (χ2n) is 6.85. The summed E-state index contributed by atoms with van der Waals surface area (Å²) in [6.45, 7) is 0.908. The predicted octanol–water partition coefficient (Wildman–Crippen LogP) is 1.31. The van der Waals surface area contributed by atoms with Gasteiger partial charge < -0.3 is 16.0 Å². The molecule has 144 valence electrons. The van der Waals surface area contributed by atoms with Gasteiger partial charge in [0.05, 0.1) is 6.54 Å². The number of nitrogens with zero attached hydrogens (tertiary/aromatic N) is 5. The van der Waals surface area contributed by atoms with Gasteiger partial charge in [-0.3, -0.25) is 9.50 Å². The smallest absolute Gasteiger partial charge is 0.325 e. The number of nitrogens with one attached hydrogen (secondary N) is 4. The zero-order valence-corrected chi connectivity index (χ0v) is 15.0. The first kappa shape index (κ1) is 16.5. The Morgan fingerprint density at radius 1 is 1.32 bits per heavy atom. The van der Waals surface area contributed by atoms with Crippen molar-refractivity contribution < 1.29 is 9.59 Å². The van der Waals surface area contributed by atoms with E-state index in [2.05, 4.69) is 36.1 Å². The molecule has 11 nitrogen and oxygen atoms in total. The van der Waals surface area contributed by atoms with Crippen molar-refractivity contribution in [2.75, 3.05) is 18.4 Å². The molecular formula is C17H19N9O2. The lowest BCUT2D eigenvalue weighted by atomic mass is 10.3. The lowest BCUT2D eigenvalue weighted by molar-refractivity contribution is 0.198.